The van der Waals surface area contributed by atoms with E-state index >= 15 is 0 Å². The van der Waals surface area contributed by atoms with Crippen molar-refractivity contribution in [2.24, 2.45) is 0 Å². The van der Waals surface area contributed by atoms with Gasteiger partial charge in [-0.05, 0) is 67.4 Å². The molecule has 0 atom stereocenters. The maximum atomic E-state index is 12.9. The van der Waals surface area contributed by atoms with Crippen molar-refractivity contribution < 1.29 is 17.5 Å². The molecule has 29 heavy (non-hydrogen) atoms. The highest BCUT2D eigenvalue weighted by Crippen LogP contribution is 2.34. The predicted octanol–water partition coefficient (Wildman–Crippen LogP) is 4.96. The van der Waals surface area contributed by atoms with Crippen LogP contribution in [0.25, 0.3) is 0 Å². The molecular weight excluding hydrogens is 417 g/mol. The minimum Gasteiger partial charge on any atom is -0.454 e. The van der Waals surface area contributed by atoms with E-state index in [-0.39, 0.29) is 22.0 Å². The first-order valence-corrected chi connectivity index (χ1v) is 10.2. The van der Waals surface area contributed by atoms with Crippen LogP contribution in [0.4, 0.5) is 10.2 Å². The fourth-order valence-electron chi connectivity index (χ4n) is 2.44. The molecule has 2 aromatic carbocycles. The standard InChI is InChI=1S/C20H15ClFN3O3S/c1-12-7-17(21)19(8-13(12)2)28-18-5-4-16(9-14(18)10-23)29(26,27)25-20-6-3-15(22)11-24-20/h3-9,11H,1-2H3,(H,24,25). The van der Waals surface area contributed by atoms with Crippen molar-refractivity contribution in [1.82, 2.24) is 4.98 Å². The van der Waals surface area contributed by atoms with Crippen LogP contribution >= 0.6 is 11.6 Å². The number of sulfonamides is 1. The van der Waals surface area contributed by atoms with E-state index in [2.05, 4.69) is 9.71 Å². The Labute approximate surface area is 172 Å². The second-order valence-electron chi connectivity index (χ2n) is 6.21. The van der Waals surface area contributed by atoms with Gasteiger partial charge in [0, 0.05) is 0 Å². The molecular formula is C20H15ClFN3O3S. The Bertz CT molecular complexity index is 1220. The van der Waals surface area contributed by atoms with Gasteiger partial charge in [-0.15, -0.1) is 0 Å². The lowest BCUT2D eigenvalue weighted by atomic mass is 10.1. The molecule has 0 saturated carbocycles. The highest BCUT2D eigenvalue weighted by molar-refractivity contribution is 7.92. The summed E-state index contributed by atoms with van der Waals surface area (Å²) in [5.41, 5.74) is 1.96. The number of hydrogen-bond acceptors (Lipinski definition) is 5. The van der Waals surface area contributed by atoms with Gasteiger partial charge in [-0.1, -0.05) is 11.6 Å². The van der Waals surface area contributed by atoms with Crippen molar-refractivity contribution in [3.8, 4) is 17.6 Å². The summed E-state index contributed by atoms with van der Waals surface area (Å²) in [7, 11) is -4.04. The number of nitriles is 1. The van der Waals surface area contributed by atoms with Gasteiger partial charge in [0.1, 0.15) is 29.2 Å². The summed E-state index contributed by atoms with van der Waals surface area (Å²) < 4.78 is 46.0. The summed E-state index contributed by atoms with van der Waals surface area (Å²) in [4.78, 5) is 3.49. The van der Waals surface area contributed by atoms with E-state index in [1.165, 1.54) is 24.3 Å². The number of halogens is 2. The van der Waals surface area contributed by atoms with Gasteiger partial charge < -0.3 is 4.74 Å². The molecule has 0 bridgehead atoms. The minimum absolute atomic E-state index is 0.00855. The number of anilines is 1. The van der Waals surface area contributed by atoms with Crippen LogP contribution in [0.2, 0.25) is 5.02 Å². The van der Waals surface area contributed by atoms with Crippen LogP contribution in [0.3, 0.4) is 0 Å². The number of aryl methyl sites for hydroxylation is 2. The fourth-order valence-corrected chi connectivity index (χ4v) is 3.73. The molecule has 148 valence electrons. The normalized spacial score (nSPS) is 11.0. The zero-order valence-electron chi connectivity index (χ0n) is 15.4. The quantitative estimate of drug-likeness (QED) is 0.616. The van der Waals surface area contributed by atoms with Crippen molar-refractivity contribution in [3.05, 3.63) is 76.2 Å². The number of nitrogens with one attached hydrogen (secondary N) is 1. The Hall–Kier alpha value is -3.15. The summed E-state index contributed by atoms with van der Waals surface area (Å²) >= 11 is 6.20. The number of benzene rings is 2. The molecule has 0 aliphatic carbocycles. The van der Waals surface area contributed by atoms with Gasteiger partial charge in [-0.2, -0.15) is 5.26 Å². The van der Waals surface area contributed by atoms with E-state index in [9.17, 15) is 18.1 Å². The molecule has 0 amide bonds. The van der Waals surface area contributed by atoms with Crippen LogP contribution in [-0.4, -0.2) is 13.4 Å². The summed E-state index contributed by atoms with van der Waals surface area (Å²) in [6.45, 7) is 3.81. The fraction of sp³-hybridized carbons (Fsp3) is 0.100. The largest absolute Gasteiger partial charge is 0.454 e. The van der Waals surface area contributed by atoms with Crippen LogP contribution in [-0.2, 0) is 10.0 Å². The van der Waals surface area contributed by atoms with Gasteiger partial charge in [0.25, 0.3) is 10.0 Å². The lowest BCUT2D eigenvalue weighted by Crippen LogP contribution is -2.14. The predicted molar refractivity (Wildman–Crippen MR) is 107 cm³/mol. The summed E-state index contributed by atoms with van der Waals surface area (Å²) in [6.07, 6.45) is 0.892. The van der Waals surface area contributed by atoms with Crippen molar-refractivity contribution >= 4 is 27.4 Å². The molecule has 1 aromatic heterocycles. The molecule has 0 unspecified atom stereocenters. The number of rotatable bonds is 5. The lowest BCUT2D eigenvalue weighted by molar-refractivity contribution is 0.480. The number of ether oxygens (including phenoxy) is 1. The second kappa shape index (κ2) is 8.07. The first kappa shape index (κ1) is 20.6. The Morgan fingerprint density at radius 1 is 1.10 bits per heavy atom. The number of hydrogen-bond donors (Lipinski definition) is 1. The maximum absolute atomic E-state index is 12.9. The van der Waals surface area contributed by atoms with E-state index < -0.39 is 15.8 Å². The van der Waals surface area contributed by atoms with Crippen LogP contribution in [0.15, 0.2) is 53.6 Å². The SMILES string of the molecule is Cc1cc(Cl)c(Oc2ccc(S(=O)(=O)Nc3ccc(F)cn3)cc2C#N)cc1C. The Kier molecular flexibility index (Phi) is 5.73. The van der Waals surface area contributed by atoms with Gasteiger partial charge in [0.15, 0.2) is 0 Å². The van der Waals surface area contributed by atoms with E-state index in [0.29, 0.717) is 10.8 Å². The molecule has 1 heterocycles. The topological polar surface area (TPSA) is 92.1 Å². The molecule has 9 heteroatoms. The van der Waals surface area contributed by atoms with Crippen LogP contribution < -0.4 is 9.46 Å². The van der Waals surface area contributed by atoms with E-state index in [0.717, 1.165) is 23.4 Å². The third-order valence-electron chi connectivity index (χ3n) is 4.12. The monoisotopic (exact) mass is 431 g/mol. The molecule has 3 aromatic rings. The van der Waals surface area contributed by atoms with Gasteiger partial charge in [-0.3, -0.25) is 4.72 Å². The Balaban J connectivity index is 1.91. The van der Waals surface area contributed by atoms with Crippen molar-refractivity contribution in [2.75, 3.05) is 4.72 Å². The van der Waals surface area contributed by atoms with Gasteiger partial charge >= 0.3 is 0 Å². The Morgan fingerprint density at radius 3 is 2.48 bits per heavy atom. The maximum Gasteiger partial charge on any atom is 0.263 e. The second-order valence-corrected chi connectivity index (χ2v) is 8.30. The lowest BCUT2D eigenvalue weighted by Gasteiger charge is -2.13. The van der Waals surface area contributed by atoms with E-state index in [1.54, 1.807) is 12.1 Å². The molecule has 1 N–H and O–H groups in total. The van der Waals surface area contributed by atoms with Crippen molar-refractivity contribution in [3.63, 3.8) is 0 Å². The zero-order chi connectivity index (χ0) is 21.2. The van der Waals surface area contributed by atoms with Gasteiger partial charge in [0.2, 0.25) is 0 Å². The van der Waals surface area contributed by atoms with Crippen LogP contribution in [0, 0.1) is 31.0 Å². The smallest absolute Gasteiger partial charge is 0.263 e. The molecule has 3 rings (SSSR count). The summed E-state index contributed by atoms with van der Waals surface area (Å²) in [6, 6.07) is 11.5. The minimum atomic E-state index is -4.04. The molecule has 0 saturated heterocycles. The molecule has 0 spiro atoms. The van der Waals surface area contributed by atoms with Gasteiger partial charge in [-0.25, -0.2) is 17.8 Å². The number of aromatic nitrogens is 1. The number of pyridine rings is 1. The average Bonchev–Trinajstić information content (AvgIpc) is 2.68. The van der Waals surface area contributed by atoms with Crippen LogP contribution in [0.1, 0.15) is 16.7 Å². The highest BCUT2D eigenvalue weighted by atomic mass is 35.5. The van der Waals surface area contributed by atoms with E-state index in [1.807, 2.05) is 19.9 Å². The summed E-state index contributed by atoms with van der Waals surface area (Å²) in [5.74, 6) is -0.120. The third kappa shape index (κ3) is 4.65. The first-order chi connectivity index (χ1) is 13.7. The molecule has 0 fully saturated rings. The first-order valence-electron chi connectivity index (χ1n) is 8.33. The van der Waals surface area contributed by atoms with Crippen molar-refractivity contribution in [2.45, 2.75) is 18.7 Å². The van der Waals surface area contributed by atoms with E-state index in [4.69, 9.17) is 16.3 Å². The molecule has 6 nitrogen and oxygen atoms in total. The summed E-state index contributed by atoms with van der Waals surface area (Å²) in [5, 5.41) is 9.82. The van der Waals surface area contributed by atoms with Crippen molar-refractivity contribution in [1.29, 1.82) is 5.26 Å². The van der Waals surface area contributed by atoms with Gasteiger partial charge in [0.05, 0.1) is 21.7 Å². The third-order valence-corrected chi connectivity index (χ3v) is 5.76. The molecule has 0 aliphatic heterocycles. The van der Waals surface area contributed by atoms with Crippen LogP contribution in [0.5, 0.6) is 11.5 Å². The zero-order valence-corrected chi connectivity index (χ0v) is 17.0. The number of nitrogens with zero attached hydrogens (tertiary/aromatic N) is 2. The molecule has 0 radical (unpaired) electrons. The average molecular weight is 432 g/mol. The highest BCUT2D eigenvalue weighted by Gasteiger charge is 2.18. The Morgan fingerprint density at radius 2 is 1.83 bits per heavy atom. The molecule has 0 aliphatic rings.